The highest BCUT2D eigenvalue weighted by atomic mass is 35.5. The standard InChI is InChI=1S/C17H16ClNO3/c1-3-21-17(20)22-19-12(2)15-6-4-5-7-16(15)13-8-10-14(18)11-9-13/h4-11H,3H2,1-2H3/b19-12+. The number of oxime groups is 1. The van der Waals surface area contributed by atoms with Gasteiger partial charge in [0, 0.05) is 10.6 Å². The molecular weight excluding hydrogens is 302 g/mol. The highest BCUT2D eigenvalue weighted by Gasteiger charge is 2.09. The predicted molar refractivity (Wildman–Crippen MR) is 87.2 cm³/mol. The Morgan fingerprint density at radius 2 is 1.82 bits per heavy atom. The number of nitrogens with zero attached hydrogens (tertiary/aromatic N) is 1. The molecule has 22 heavy (non-hydrogen) atoms. The molecule has 2 aromatic rings. The lowest BCUT2D eigenvalue weighted by atomic mass is 9.97. The molecule has 0 spiro atoms. The molecule has 2 aromatic carbocycles. The van der Waals surface area contributed by atoms with E-state index < -0.39 is 6.16 Å². The van der Waals surface area contributed by atoms with E-state index in [1.54, 1.807) is 13.8 Å². The van der Waals surface area contributed by atoms with Crippen molar-refractivity contribution in [2.75, 3.05) is 6.61 Å². The first-order valence-corrected chi connectivity index (χ1v) is 7.23. The molecule has 4 nitrogen and oxygen atoms in total. The third kappa shape index (κ3) is 4.09. The number of hydrogen-bond donors (Lipinski definition) is 0. The van der Waals surface area contributed by atoms with E-state index in [4.69, 9.17) is 16.4 Å². The molecule has 0 saturated carbocycles. The van der Waals surface area contributed by atoms with Gasteiger partial charge in [-0.3, -0.25) is 4.84 Å². The smallest absolute Gasteiger partial charge is 0.433 e. The fourth-order valence-corrected chi connectivity index (χ4v) is 2.10. The summed E-state index contributed by atoms with van der Waals surface area (Å²) in [6.45, 7) is 3.72. The van der Waals surface area contributed by atoms with E-state index in [-0.39, 0.29) is 6.61 Å². The second kappa shape index (κ2) is 7.61. The summed E-state index contributed by atoms with van der Waals surface area (Å²) in [4.78, 5) is 15.9. The van der Waals surface area contributed by atoms with Crippen LogP contribution in [-0.4, -0.2) is 18.5 Å². The van der Waals surface area contributed by atoms with Crippen molar-refractivity contribution in [3.8, 4) is 11.1 Å². The minimum atomic E-state index is -0.814. The molecule has 0 amide bonds. The molecule has 0 aliphatic carbocycles. The maximum Gasteiger partial charge on any atom is 0.535 e. The van der Waals surface area contributed by atoms with Crippen molar-refractivity contribution in [3.63, 3.8) is 0 Å². The number of carbonyl (C=O) groups excluding carboxylic acids is 1. The molecule has 0 aliphatic rings. The summed E-state index contributed by atoms with van der Waals surface area (Å²) in [7, 11) is 0. The van der Waals surface area contributed by atoms with Gasteiger partial charge < -0.3 is 4.74 Å². The van der Waals surface area contributed by atoms with Gasteiger partial charge in [0.2, 0.25) is 0 Å². The summed E-state index contributed by atoms with van der Waals surface area (Å²) in [5.41, 5.74) is 3.44. The first-order valence-electron chi connectivity index (χ1n) is 6.85. The molecule has 0 atom stereocenters. The van der Waals surface area contributed by atoms with Crippen LogP contribution in [0, 0.1) is 0 Å². The van der Waals surface area contributed by atoms with Crippen LogP contribution in [0.15, 0.2) is 53.7 Å². The van der Waals surface area contributed by atoms with Gasteiger partial charge in [-0.2, -0.15) is 0 Å². The Hall–Kier alpha value is -2.33. The van der Waals surface area contributed by atoms with Crippen LogP contribution in [0.1, 0.15) is 19.4 Å². The lowest BCUT2D eigenvalue weighted by Gasteiger charge is -2.09. The monoisotopic (exact) mass is 317 g/mol. The van der Waals surface area contributed by atoms with Gasteiger partial charge in [0.1, 0.15) is 0 Å². The lowest BCUT2D eigenvalue weighted by molar-refractivity contribution is 0.0613. The average molecular weight is 318 g/mol. The van der Waals surface area contributed by atoms with E-state index >= 15 is 0 Å². The lowest BCUT2D eigenvalue weighted by Crippen LogP contribution is -2.06. The number of benzene rings is 2. The van der Waals surface area contributed by atoms with Crippen molar-refractivity contribution in [2.45, 2.75) is 13.8 Å². The first-order chi connectivity index (χ1) is 10.6. The van der Waals surface area contributed by atoms with Crippen LogP contribution in [-0.2, 0) is 9.57 Å². The zero-order valence-electron chi connectivity index (χ0n) is 12.4. The minimum absolute atomic E-state index is 0.245. The highest BCUT2D eigenvalue weighted by Crippen LogP contribution is 2.25. The van der Waals surface area contributed by atoms with Crippen LogP contribution in [0.25, 0.3) is 11.1 Å². The molecule has 0 aliphatic heterocycles. The third-order valence-electron chi connectivity index (χ3n) is 2.99. The van der Waals surface area contributed by atoms with Crippen molar-refractivity contribution in [1.29, 1.82) is 0 Å². The minimum Gasteiger partial charge on any atom is -0.433 e. The maximum absolute atomic E-state index is 11.2. The van der Waals surface area contributed by atoms with E-state index in [1.807, 2.05) is 48.5 Å². The summed E-state index contributed by atoms with van der Waals surface area (Å²) < 4.78 is 4.67. The largest absolute Gasteiger partial charge is 0.535 e. The summed E-state index contributed by atoms with van der Waals surface area (Å²) >= 11 is 5.92. The molecular formula is C17H16ClNO3. The second-order valence-corrected chi connectivity index (χ2v) is 4.94. The fraction of sp³-hybridized carbons (Fsp3) is 0.176. The molecule has 0 radical (unpaired) electrons. The van der Waals surface area contributed by atoms with Crippen molar-refractivity contribution in [2.24, 2.45) is 5.16 Å². The molecule has 0 fully saturated rings. The Morgan fingerprint density at radius 1 is 1.14 bits per heavy atom. The number of halogens is 1. The maximum atomic E-state index is 11.2. The normalized spacial score (nSPS) is 11.1. The van der Waals surface area contributed by atoms with Gasteiger partial charge in [-0.05, 0) is 37.1 Å². The first kappa shape index (κ1) is 16.0. The molecule has 0 N–H and O–H groups in total. The zero-order valence-corrected chi connectivity index (χ0v) is 13.1. The Labute approximate surface area is 134 Å². The quantitative estimate of drug-likeness (QED) is 0.348. The van der Waals surface area contributed by atoms with Gasteiger partial charge in [0.15, 0.2) is 0 Å². The van der Waals surface area contributed by atoms with E-state index in [0.29, 0.717) is 10.7 Å². The van der Waals surface area contributed by atoms with Crippen molar-refractivity contribution in [1.82, 2.24) is 0 Å². The molecule has 2 rings (SSSR count). The Bertz CT molecular complexity index is 681. The van der Waals surface area contributed by atoms with Crippen LogP contribution < -0.4 is 0 Å². The second-order valence-electron chi connectivity index (χ2n) is 4.50. The Morgan fingerprint density at radius 3 is 2.50 bits per heavy atom. The molecule has 0 bridgehead atoms. The Kier molecular flexibility index (Phi) is 5.55. The number of rotatable bonds is 4. The summed E-state index contributed by atoms with van der Waals surface area (Å²) in [5, 5.41) is 4.51. The zero-order chi connectivity index (χ0) is 15.9. The highest BCUT2D eigenvalue weighted by molar-refractivity contribution is 6.30. The molecule has 114 valence electrons. The van der Waals surface area contributed by atoms with Gasteiger partial charge in [-0.1, -0.05) is 53.2 Å². The van der Waals surface area contributed by atoms with Crippen LogP contribution >= 0.6 is 11.6 Å². The van der Waals surface area contributed by atoms with Crippen LogP contribution in [0.4, 0.5) is 4.79 Å². The molecule has 0 unspecified atom stereocenters. The summed E-state index contributed by atoms with van der Waals surface area (Å²) in [6.07, 6.45) is -0.814. The molecule has 0 aromatic heterocycles. The SMILES string of the molecule is CCOC(=O)O/N=C(\C)c1ccccc1-c1ccc(Cl)cc1. The number of hydrogen-bond acceptors (Lipinski definition) is 4. The average Bonchev–Trinajstić information content (AvgIpc) is 2.54. The van der Waals surface area contributed by atoms with Crippen LogP contribution in [0.3, 0.4) is 0 Å². The molecule has 0 heterocycles. The van der Waals surface area contributed by atoms with Crippen LogP contribution in [0.2, 0.25) is 5.02 Å². The van der Waals surface area contributed by atoms with E-state index in [0.717, 1.165) is 16.7 Å². The topological polar surface area (TPSA) is 47.9 Å². The molecule has 0 saturated heterocycles. The van der Waals surface area contributed by atoms with Crippen molar-refractivity contribution < 1.29 is 14.4 Å². The Balaban J connectivity index is 2.30. The summed E-state index contributed by atoms with van der Waals surface area (Å²) in [6, 6.07) is 15.2. The van der Waals surface area contributed by atoms with E-state index in [9.17, 15) is 4.79 Å². The van der Waals surface area contributed by atoms with Crippen LogP contribution in [0.5, 0.6) is 0 Å². The fourth-order valence-electron chi connectivity index (χ4n) is 1.98. The van der Waals surface area contributed by atoms with Crippen molar-refractivity contribution in [3.05, 3.63) is 59.1 Å². The van der Waals surface area contributed by atoms with E-state index in [1.165, 1.54) is 0 Å². The summed E-state index contributed by atoms with van der Waals surface area (Å²) in [5.74, 6) is 0. The van der Waals surface area contributed by atoms with Gasteiger partial charge in [0.05, 0.1) is 12.3 Å². The van der Waals surface area contributed by atoms with Gasteiger partial charge in [0.25, 0.3) is 0 Å². The molecule has 5 heteroatoms. The van der Waals surface area contributed by atoms with Gasteiger partial charge >= 0.3 is 6.16 Å². The number of ether oxygens (including phenoxy) is 1. The van der Waals surface area contributed by atoms with Gasteiger partial charge in [-0.25, -0.2) is 4.79 Å². The third-order valence-corrected chi connectivity index (χ3v) is 3.24. The van der Waals surface area contributed by atoms with E-state index in [2.05, 4.69) is 9.89 Å². The van der Waals surface area contributed by atoms with Crippen molar-refractivity contribution >= 4 is 23.5 Å². The predicted octanol–water partition coefficient (Wildman–Crippen LogP) is 4.90. The van der Waals surface area contributed by atoms with Gasteiger partial charge in [-0.15, -0.1) is 0 Å². The number of carbonyl (C=O) groups is 1.